The van der Waals surface area contributed by atoms with Crippen LogP contribution in [0.15, 0.2) is 158 Å². The monoisotopic (exact) mass is 610 g/mol. The van der Waals surface area contributed by atoms with E-state index in [2.05, 4.69) is 143 Å². The SMILES string of the molecule is N#Cc1cc(-c2ccc(-n3c4ccccc4c4ccccc43)cc2)cc(-c2c(C#N)cccc2-n2c3ccccc3c3ccccc32)c1. The molecule has 0 aliphatic carbocycles. The minimum absolute atomic E-state index is 0.537. The van der Waals surface area contributed by atoms with Gasteiger partial charge in [-0.1, -0.05) is 91.0 Å². The first-order valence-electron chi connectivity index (χ1n) is 15.9. The molecular weight excluding hydrogens is 585 g/mol. The van der Waals surface area contributed by atoms with Crippen LogP contribution in [0.25, 0.3) is 77.2 Å². The first-order chi connectivity index (χ1) is 23.7. The van der Waals surface area contributed by atoms with E-state index in [1.165, 1.54) is 10.8 Å². The summed E-state index contributed by atoms with van der Waals surface area (Å²) in [7, 11) is 0. The first-order valence-corrected chi connectivity index (χ1v) is 15.9. The molecule has 0 saturated carbocycles. The highest BCUT2D eigenvalue weighted by Gasteiger charge is 2.19. The van der Waals surface area contributed by atoms with Crippen molar-refractivity contribution >= 4 is 43.6 Å². The molecule has 2 aromatic heterocycles. The molecule has 0 saturated heterocycles. The Labute approximate surface area is 277 Å². The molecule has 0 unspecified atom stereocenters. The highest BCUT2D eigenvalue weighted by Crippen LogP contribution is 2.39. The zero-order chi connectivity index (χ0) is 32.2. The van der Waals surface area contributed by atoms with Gasteiger partial charge in [-0.05, 0) is 83.4 Å². The summed E-state index contributed by atoms with van der Waals surface area (Å²) < 4.78 is 4.53. The lowest BCUT2D eigenvalue weighted by atomic mass is 9.92. The third-order valence-corrected chi connectivity index (χ3v) is 9.37. The Morgan fingerprint density at radius 2 is 0.896 bits per heavy atom. The largest absolute Gasteiger partial charge is 0.309 e. The third kappa shape index (κ3) is 4.14. The molecule has 0 spiro atoms. The molecule has 4 nitrogen and oxygen atoms in total. The van der Waals surface area contributed by atoms with E-state index in [0.717, 1.165) is 66.5 Å². The molecule has 0 radical (unpaired) electrons. The van der Waals surface area contributed by atoms with Gasteiger partial charge in [-0.15, -0.1) is 0 Å². The van der Waals surface area contributed by atoms with Crippen LogP contribution in [0, 0.1) is 22.7 Å². The van der Waals surface area contributed by atoms with Crippen LogP contribution in [-0.2, 0) is 0 Å². The number of nitrogens with zero attached hydrogens (tertiary/aromatic N) is 4. The maximum atomic E-state index is 10.4. The minimum atomic E-state index is 0.537. The molecule has 4 heteroatoms. The summed E-state index contributed by atoms with van der Waals surface area (Å²) >= 11 is 0. The predicted molar refractivity (Wildman–Crippen MR) is 195 cm³/mol. The highest BCUT2D eigenvalue weighted by atomic mass is 15.0. The van der Waals surface area contributed by atoms with Crippen molar-refractivity contribution in [1.82, 2.24) is 9.13 Å². The van der Waals surface area contributed by atoms with Gasteiger partial charge in [-0.3, -0.25) is 0 Å². The topological polar surface area (TPSA) is 57.4 Å². The Balaban J connectivity index is 1.22. The molecular formula is C44H26N4. The molecule has 0 amide bonds. The fraction of sp³-hybridized carbons (Fsp3) is 0. The number of nitriles is 2. The van der Waals surface area contributed by atoms with E-state index in [1.54, 1.807) is 0 Å². The molecule has 0 fully saturated rings. The maximum absolute atomic E-state index is 10.4. The number of fused-ring (bicyclic) bond motifs is 6. The molecule has 0 aliphatic rings. The summed E-state index contributed by atoms with van der Waals surface area (Å²) in [6, 6.07) is 58.8. The lowest BCUT2D eigenvalue weighted by Gasteiger charge is -2.17. The van der Waals surface area contributed by atoms with Crippen LogP contribution in [-0.4, -0.2) is 9.13 Å². The number of rotatable bonds is 4. The fourth-order valence-corrected chi connectivity index (χ4v) is 7.31. The van der Waals surface area contributed by atoms with Gasteiger partial charge in [0.1, 0.15) is 0 Å². The molecule has 0 N–H and O–H groups in total. The Kier molecular flexibility index (Phi) is 6.22. The zero-order valence-corrected chi connectivity index (χ0v) is 25.8. The van der Waals surface area contributed by atoms with Crippen LogP contribution in [0.4, 0.5) is 0 Å². The Hall–Kier alpha value is -6.88. The number of benzene rings is 7. The quantitative estimate of drug-likeness (QED) is 0.199. The van der Waals surface area contributed by atoms with Crippen molar-refractivity contribution < 1.29 is 0 Å². The van der Waals surface area contributed by atoms with Gasteiger partial charge < -0.3 is 9.13 Å². The van der Waals surface area contributed by atoms with Gasteiger partial charge in [0.2, 0.25) is 0 Å². The van der Waals surface area contributed by atoms with E-state index >= 15 is 0 Å². The summed E-state index contributed by atoms with van der Waals surface area (Å²) in [6.07, 6.45) is 0. The summed E-state index contributed by atoms with van der Waals surface area (Å²) in [6.45, 7) is 0. The first kappa shape index (κ1) is 27.4. The van der Waals surface area contributed by atoms with Gasteiger partial charge >= 0.3 is 0 Å². The average molecular weight is 611 g/mol. The Morgan fingerprint density at radius 3 is 1.42 bits per heavy atom. The normalized spacial score (nSPS) is 11.3. The molecule has 0 atom stereocenters. The van der Waals surface area contributed by atoms with Gasteiger partial charge in [0.15, 0.2) is 0 Å². The average Bonchev–Trinajstić information content (AvgIpc) is 3.67. The van der Waals surface area contributed by atoms with E-state index in [1.807, 2.05) is 36.4 Å². The van der Waals surface area contributed by atoms with Crippen LogP contribution in [0.1, 0.15) is 11.1 Å². The van der Waals surface area contributed by atoms with E-state index in [-0.39, 0.29) is 0 Å². The molecule has 48 heavy (non-hydrogen) atoms. The second-order valence-corrected chi connectivity index (χ2v) is 12.0. The molecule has 7 aromatic carbocycles. The van der Waals surface area contributed by atoms with Crippen molar-refractivity contribution in [2.75, 3.05) is 0 Å². The van der Waals surface area contributed by atoms with Crippen molar-refractivity contribution in [2.45, 2.75) is 0 Å². The second kappa shape index (κ2) is 10.9. The van der Waals surface area contributed by atoms with Gasteiger partial charge in [0.05, 0.1) is 51.0 Å². The standard InChI is InChI=1S/C44H26N4/c45-27-29-24-32(30-20-22-34(23-21-30)47-39-15-5-1-11-35(39)36-12-2-6-16-40(36)47)26-33(25-29)44-31(28-46)10-9-19-43(44)48-41-17-7-3-13-37(41)38-14-4-8-18-42(38)48/h1-26H. The maximum Gasteiger partial charge on any atom is 0.0998 e. The molecule has 9 rings (SSSR count). The van der Waals surface area contributed by atoms with E-state index in [4.69, 9.17) is 0 Å². The number of hydrogen-bond acceptors (Lipinski definition) is 2. The molecule has 2 heterocycles. The summed E-state index contributed by atoms with van der Waals surface area (Å²) in [5.41, 5.74) is 11.0. The van der Waals surface area contributed by atoms with E-state index in [9.17, 15) is 10.5 Å². The van der Waals surface area contributed by atoms with Crippen LogP contribution in [0.5, 0.6) is 0 Å². The number of para-hydroxylation sites is 4. The van der Waals surface area contributed by atoms with Crippen LogP contribution in [0.3, 0.4) is 0 Å². The summed E-state index contributed by atoms with van der Waals surface area (Å²) in [4.78, 5) is 0. The highest BCUT2D eigenvalue weighted by molar-refractivity contribution is 6.10. The third-order valence-electron chi connectivity index (χ3n) is 9.37. The van der Waals surface area contributed by atoms with Crippen molar-refractivity contribution in [1.29, 1.82) is 10.5 Å². The number of aromatic nitrogens is 2. The Morgan fingerprint density at radius 1 is 0.396 bits per heavy atom. The lowest BCUT2D eigenvalue weighted by molar-refractivity contribution is 1.18. The minimum Gasteiger partial charge on any atom is -0.309 e. The van der Waals surface area contributed by atoms with Gasteiger partial charge in [0.25, 0.3) is 0 Å². The van der Waals surface area contributed by atoms with E-state index < -0.39 is 0 Å². The lowest BCUT2D eigenvalue weighted by Crippen LogP contribution is -2.00. The van der Waals surface area contributed by atoms with Crippen LogP contribution in [0.2, 0.25) is 0 Å². The zero-order valence-electron chi connectivity index (χ0n) is 25.8. The summed E-state index contributed by atoms with van der Waals surface area (Å²) in [5, 5.41) is 25.3. The van der Waals surface area contributed by atoms with Gasteiger partial charge in [-0.2, -0.15) is 10.5 Å². The smallest absolute Gasteiger partial charge is 0.0998 e. The molecule has 9 aromatic rings. The van der Waals surface area contributed by atoms with E-state index in [0.29, 0.717) is 11.1 Å². The molecule has 222 valence electrons. The van der Waals surface area contributed by atoms with Crippen molar-refractivity contribution in [3.63, 3.8) is 0 Å². The summed E-state index contributed by atoms with van der Waals surface area (Å²) in [5.74, 6) is 0. The number of hydrogen-bond donors (Lipinski definition) is 0. The molecule has 0 bridgehead atoms. The van der Waals surface area contributed by atoms with Crippen molar-refractivity contribution in [3.8, 4) is 45.8 Å². The molecule has 0 aliphatic heterocycles. The van der Waals surface area contributed by atoms with Crippen molar-refractivity contribution in [3.05, 3.63) is 169 Å². The van der Waals surface area contributed by atoms with Gasteiger partial charge in [0, 0.05) is 32.8 Å². The Bertz CT molecular complexity index is 2690. The van der Waals surface area contributed by atoms with Crippen molar-refractivity contribution in [2.24, 2.45) is 0 Å². The van der Waals surface area contributed by atoms with Crippen LogP contribution >= 0.6 is 0 Å². The van der Waals surface area contributed by atoms with Gasteiger partial charge in [-0.25, -0.2) is 0 Å². The second-order valence-electron chi connectivity index (χ2n) is 12.0. The fourth-order valence-electron chi connectivity index (χ4n) is 7.31. The van der Waals surface area contributed by atoms with Crippen LogP contribution < -0.4 is 0 Å². The predicted octanol–water partition coefficient (Wildman–Crippen LogP) is 11.0.